The highest BCUT2D eigenvalue weighted by molar-refractivity contribution is 7.90. The molecule has 4 nitrogen and oxygen atoms in total. The van der Waals surface area contributed by atoms with Gasteiger partial charge in [-0.1, -0.05) is 13.8 Å². The molecular weight excluding hydrogens is 232 g/mol. The highest BCUT2D eigenvalue weighted by Crippen LogP contribution is 1.91. The van der Waals surface area contributed by atoms with Crippen molar-refractivity contribution in [2.75, 3.05) is 18.6 Å². The maximum atomic E-state index is 11.0. The molecule has 0 aromatic carbocycles. The van der Waals surface area contributed by atoms with Crippen LogP contribution < -0.4 is 10.6 Å². The third kappa shape index (κ3) is 9.93. The predicted octanol–water partition coefficient (Wildman–Crippen LogP) is 0.540. The Morgan fingerprint density at radius 1 is 1.33 bits per heavy atom. The summed E-state index contributed by atoms with van der Waals surface area (Å²) >= 11 is 5.02. The minimum absolute atomic E-state index is 0.0937. The minimum Gasteiger partial charge on any atom is -0.362 e. The van der Waals surface area contributed by atoms with Crippen molar-refractivity contribution in [3.05, 3.63) is 0 Å². The van der Waals surface area contributed by atoms with Crippen LogP contribution in [0.2, 0.25) is 0 Å². The first-order chi connectivity index (χ1) is 6.70. The van der Waals surface area contributed by atoms with Gasteiger partial charge in [-0.15, -0.1) is 0 Å². The van der Waals surface area contributed by atoms with E-state index in [9.17, 15) is 8.42 Å². The number of thiocarbonyl (C=S) groups is 1. The molecule has 0 fully saturated rings. The second kappa shape index (κ2) is 6.27. The molecule has 15 heavy (non-hydrogen) atoms. The van der Waals surface area contributed by atoms with Crippen molar-refractivity contribution in [1.29, 1.82) is 0 Å². The van der Waals surface area contributed by atoms with Gasteiger partial charge in [0.1, 0.15) is 9.84 Å². The molecule has 1 atom stereocenters. The lowest BCUT2D eigenvalue weighted by Crippen LogP contribution is -2.44. The zero-order valence-corrected chi connectivity index (χ0v) is 11.3. The van der Waals surface area contributed by atoms with Crippen LogP contribution in [0.15, 0.2) is 0 Å². The molecule has 0 spiro atoms. The van der Waals surface area contributed by atoms with Crippen LogP contribution in [0.3, 0.4) is 0 Å². The van der Waals surface area contributed by atoms with Gasteiger partial charge in [0, 0.05) is 18.8 Å². The molecule has 0 saturated heterocycles. The molecule has 0 bridgehead atoms. The molecular formula is C9H20N2O2S2. The second-order valence-corrected chi connectivity index (χ2v) is 6.83. The molecule has 0 amide bonds. The fourth-order valence-electron chi connectivity index (χ4n) is 1.07. The summed E-state index contributed by atoms with van der Waals surface area (Å²) in [5.41, 5.74) is 0. The van der Waals surface area contributed by atoms with Gasteiger partial charge in [-0.05, 0) is 25.1 Å². The maximum Gasteiger partial charge on any atom is 0.166 e. The summed E-state index contributed by atoms with van der Waals surface area (Å²) in [5, 5.41) is 6.47. The van der Waals surface area contributed by atoms with Crippen molar-refractivity contribution in [2.24, 2.45) is 5.92 Å². The van der Waals surface area contributed by atoms with E-state index in [1.54, 1.807) is 6.92 Å². The van der Waals surface area contributed by atoms with Crippen LogP contribution >= 0.6 is 12.2 Å². The lowest BCUT2D eigenvalue weighted by molar-refractivity contribution is 0.586. The average Bonchev–Trinajstić information content (AvgIpc) is 1.96. The number of hydrogen-bond donors (Lipinski definition) is 2. The molecule has 90 valence electrons. The molecule has 0 aromatic rings. The Labute approximate surface area is 97.7 Å². The van der Waals surface area contributed by atoms with Crippen molar-refractivity contribution >= 4 is 27.2 Å². The largest absolute Gasteiger partial charge is 0.362 e. The zero-order chi connectivity index (χ0) is 12.1. The molecule has 0 aliphatic heterocycles. The van der Waals surface area contributed by atoms with Gasteiger partial charge in [0.15, 0.2) is 5.11 Å². The van der Waals surface area contributed by atoms with Crippen LogP contribution in [0, 0.1) is 5.92 Å². The van der Waals surface area contributed by atoms with Gasteiger partial charge in [-0.3, -0.25) is 0 Å². The number of rotatable bonds is 5. The van der Waals surface area contributed by atoms with Crippen molar-refractivity contribution in [1.82, 2.24) is 10.6 Å². The third-order valence-electron chi connectivity index (χ3n) is 1.60. The summed E-state index contributed by atoms with van der Waals surface area (Å²) < 4.78 is 22.0. The Hall–Kier alpha value is -0.360. The topological polar surface area (TPSA) is 58.2 Å². The van der Waals surface area contributed by atoms with Crippen molar-refractivity contribution in [3.8, 4) is 0 Å². The summed E-state index contributed by atoms with van der Waals surface area (Å²) in [6.07, 6.45) is 1.22. The third-order valence-corrected chi connectivity index (χ3v) is 2.97. The highest BCUT2D eigenvalue weighted by atomic mass is 32.2. The van der Waals surface area contributed by atoms with Gasteiger partial charge in [-0.25, -0.2) is 8.42 Å². The van der Waals surface area contributed by atoms with Gasteiger partial charge >= 0.3 is 0 Å². The van der Waals surface area contributed by atoms with Crippen molar-refractivity contribution < 1.29 is 8.42 Å². The van der Waals surface area contributed by atoms with E-state index in [4.69, 9.17) is 12.2 Å². The van der Waals surface area contributed by atoms with E-state index in [0.717, 1.165) is 6.54 Å². The Morgan fingerprint density at radius 3 is 2.27 bits per heavy atom. The van der Waals surface area contributed by atoms with Gasteiger partial charge in [0.2, 0.25) is 0 Å². The molecule has 0 rings (SSSR count). The first-order valence-corrected chi connectivity index (χ1v) is 7.39. The van der Waals surface area contributed by atoms with Gasteiger partial charge in [0.05, 0.1) is 5.75 Å². The fourth-order valence-corrected chi connectivity index (χ4v) is 2.34. The Kier molecular flexibility index (Phi) is 6.12. The Balaban J connectivity index is 3.87. The van der Waals surface area contributed by atoms with Crippen LogP contribution in [-0.2, 0) is 9.84 Å². The second-order valence-electron chi connectivity index (χ2n) is 4.24. The van der Waals surface area contributed by atoms with Crippen molar-refractivity contribution in [2.45, 2.75) is 26.8 Å². The van der Waals surface area contributed by atoms with E-state index < -0.39 is 9.84 Å². The van der Waals surface area contributed by atoms with Crippen molar-refractivity contribution in [3.63, 3.8) is 0 Å². The lowest BCUT2D eigenvalue weighted by atomic mass is 10.2. The monoisotopic (exact) mass is 252 g/mol. The number of nitrogens with one attached hydrogen (secondary N) is 2. The first kappa shape index (κ1) is 14.6. The molecule has 0 heterocycles. The molecule has 0 aliphatic carbocycles. The van der Waals surface area contributed by atoms with E-state index in [-0.39, 0.29) is 11.8 Å². The van der Waals surface area contributed by atoms with E-state index in [2.05, 4.69) is 24.5 Å². The molecule has 6 heteroatoms. The summed E-state index contributed by atoms with van der Waals surface area (Å²) in [7, 11) is -2.95. The van der Waals surface area contributed by atoms with Crippen LogP contribution in [-0.4, -0.2) is 38.1 Å². The number of hydrogen-bond acceptors (Lipinski definition) is 3. The summed E-state index contributed by atoms with van der Waals surface area (Å²) in [6, 6.07) is -0.160. The summed E-state index contributed by atoms with van der Waals surface area (Å²) in [4.78, 5) is 0. The Morgan fingerprint density at radius 2 is 1.87 bits per heavy atom. The molecule has 2 N–H and O–H groups in total. The Bertz CT molecular complexity index is 299. The lowest BCUT2D eigenvalue weighted by Gasteiger charge is -2.16. The average molecular weight is 252 g/mol. The smallest absolute Gasteiger partial charge is 0.166 e. The predicted molar refractivity (Wildman–Crippen MR) is 67.7 cm³/mol. The standard InChI is InChI=1S/C9H20N2O2S2/c1-7(2)5-10-9(14)11-8(3)6-15(4,12)13/h7-8H,5-6H2,1-4H3,(H2,10,11,14). The molecule has 1 unspecified atom stereocenters. The van der Waals surface area contributed by atoms with Crippen LogP contribution in [0.4, 0.5) is 0 Å². The SMILES string of the molecule is CC(C)CNC(=S)NC(C)CS(C)(=O)=O. The molecule has 0 saturated carbocycles. The molecule has 0 radical (unpaired) electrons. The number of sulfone groups is 1. The van der Waals surface area contributed by atoms with Crippen LogP contribution in [0.5, 0.6) is 0 Å². The normalized spacial score (nSPS) is 13.7. The van der Waals surface area contributed by atoms with Gasteiger partial charge < -0.3 is 10.6 Å². The summed E-state index contributed by atoms with van der Waals surface area (Å²) in [5.74, 6) is 0.603. The molecule has 0 aliphatic rings. The summed E-state index contributed by atoms with van der Waals surface area (Å²) in [6.45, 7) is 6.74. The van der Waals surface area contributed by atoms with E-state index in [1.165, 1.54) is 6.26 Å². The minimum atomic E-state index is -2.95. The van der Waals surface area contributed by atoms with E-state index >= 15 is 0 Å². The van der Waals surface area contributed by atoms with Gasteiger partial charge in [0.25, 0.3) is 0 Å². The highest BCUT2D eigenvalue weighted by Gasteiger charge is 2.11. The molecule has 0 aromatic heterocycles. The first-order valence-electron chi connectivity index (χ1n) is 4.93. The van der Waals surface area contributed by atoms with Crippen LogP contribution in [0.25, 0.3) is 0 Å². The quantitative estimate of drug-likeness (QED) is 0.699. The fraction of sp³-hybridized carbons (Fsp3) is 0.889. The van der Waals surface area contributed by atoms with Crippen LogP contribution in [0.1, 0.15) is 20.8 Å². The van der Waals surface area contributed by atoms with Gasteiger partial charge in [-0.2, -0.15) is 0 Å². The maximum absolute atomic E-state index is 11.0. The van der Waals surface area contributed by atoms with E-state index in [0.29, 0.717) is 11.0 Å². The van der Waals surface area contributed by atoms with E-state index in [1.807, 2.05) is 0 Å². The zero-order valence-electron chi connectivity index (χ0n) is 9.70.